The highest BCUT2D eigenvalue weighted by atomic mass is 32.2. The summed E-state index contributed by atoms with van der Waals surface area (Å²) < 4.78 is 0. The quantitative estimate of drug-likeness (QED) is 0.538. The highest BCUT2D eigenvalue weighted by Crippen LogP contribution is 2.26. The molecule has 0 aromatic heterocycles. The summed E-state index contributed by atoms with van der Waals surface area (Å²) in [4.78, 5) is 11.5. The third-order valence-electron chi connectivity index (χ3n) is 2.23. The second-order valence-electron chi connectivity index (χ2n) is 3.89. The number of rotatable bonds is 7. The van der Waals surface area contributed by atoms with Crippen molar-refractivity contribution in [3.8, 4) is 0 Å². The van der Waals surface area contributed by atoms with Crippen LogP contribution in [0.15, 0.2) is 12.2 Å². The maximum Gasteiger partial charge on any atom is 0.214 e. The molecule has 1 nitrogen and oxygen atoms in total. The monoisotopic (exact) mass is 246 g/mol. The number of thiol groups is 1. The van der Waals surface area contributed by atoms with Crippen LogP contribution in [0.25, 0.3) is 0 Å². The first-order valence-corrected chi connectivity index (χ1v) is 6.95. The number of carbonyl (C=O) groups is 1. The lowest BCUT2D eigenvalue weighted by Gasteiger charge is -2.17. The highest BCUT2D eigenvalue weighted by Gasteiger charge is 2.16. The molecule has 0 fully saturated rings. The fourth-order valence-corrected chi connectivity index (χ4v) is 2.96. The molecule has 0 spiro atoms. The topological polar surface area (TPSA) is 17.1 Å². The Morgan fingerprint density at radius 1 is 1.47 bits per heavy atom. The second-order valence-corrected chi connectivity index (χ2v) is 5.90. The first kappa shape index (κ1) is 15.1. The van der Waals surface area contributed by atoms with Crippen LogP contribution in [0.4, 0.5) is 0 Å². The van der Waals surface area contributed by atoms with E-state index in [9.17, 15) is 4.79 Å². The van der Waals surface area contributed by atoms with Crippen molar-refractivity contribution in [2.24, 2.45) is 0 Å². The van der Waals surface area contributed by atoms with E-state index in [-0.39, 0.29) is 5.12 Å². The van der Waals surface area contributed by atoms with Crippen LogP contribution in [0.3, 0.4) is 0 Å². The Kier molecular flexibility index (Phi) is 8.34. The molecule has 2 unspecified atom stereocenters. The minimum atomic E-state index is 0.124. The third-order valence-corrected chi connectivity index (χ3v) is 4.13. The van der Waals surface area contributed by atoms with Gasteiger partial charge in [-0.1, -0.05) is 38.6 Å². The molecule has 0 radical (unpaired) electrons. The molecule has 88 valence electrons. The normalized spacial score (nSPS) is 14.7. The zero-order chi connectivity index (χ0) is 11.8. The number of hydrogen-bond acceptors (Lipinski definition) is 3. The number of hydrogen-bond donors (Lipinski definition) is 1. The summed E-state index contributed by atoms with van der Waals surface area (Å²) in [5.41, 5.74) is 0.643. The molecule has 0 aliphatic rings. The molecule has 0 aromatic carbocycles. The smallest absolute Gasteiger partial charge is 0.214 e. The zero-order valence-corrected chi connectivity index (χ0v) is 11.7. The molecule has 0 aliphatic heterocycles. The second kappa shape index (κ2) is 8.28. The van der Waals surface area contributed by atoms with Crippen molar-refractivity contribution in [1.82, 2.24) is 0 Å². The van der Waals surface area contributed by atoms with Crippen LogP contribution >= 0.6 is 24.4 Å². The van der Waals surface area contributed by atoms with E-state index >= 15 is 0 Å². The van der Waals surface area contributed by atoms with Gasteiger partial charge in [-0.2, -0.15) is 12.6 Å². The van der Waals surface area contributed by atoms with Crippen LogP contribution in [0, 0.1) is 0 Å². The van der Waals surface area contributed by atoms with E-state index in [0.717, 1.165) is 25.7 Å². The van der Waals surface area contributed by atoms with E-state index in [1.54, 1.807) is 6.92 Å². The summed E-state index contributed by atoms with van der Waals surface area (Å²) in [6.45, 7) is 9.72. The van der Waals surface area contributed by atoms with Crippen LogP contribution in [0.2, 0.25) is 0 Å². The summed E-state index contributed by atoms with van der Waals surface area (Å²) in [6, 6.07) is 0. The molecule has 0 heterocycles. The van der Waals surface area contributed by atoms with E-state index in [2.05, 4.69) is 33.1 Å². The van der Waals surface area contributed by atoms with E-state index < -0.39 is 0 Å². The average Bonchev–Trinajstić information content (AvgIpc) is 2.16. The fourth-order valence-electron chi connectivity index (χ4n) is 1.30. The van der Waals surface area contributed by atoms with E-state index in [4.69, 9.17) is 0 Å². The third kappa shape index (κ3) is 7.07. The fraction of sp³-hybridized carbons (Fsp3) is 0.750. The Balaban J connectivity index is 4.02. The van der Waals surface area contributed by atoms with Gasteiger partial charge in [0.2, 0.25) is 5.12 Å². The molecule has 2 atom stereocenters. The van der Waals surface area contributed by atoms with Crippen LogP contribution in [-0.4, -0.2) is 15.6 Å². The van der Waals surface area contributed by atoms with Crippen LogP contribution < -0.4 is 0 Å². The van der Waals surface area contributed by atoms with Gasteiger partial charge in [0.25, 0.3) is 0 Å². The predicted octanol–water partition coefficient (Wildman–Crippen LogP) is 4.09. The van der Waals surface area contributed by atoms with Crippen molar-refractivity contribution in [3.05, 3.63) is 12.2 Å². The summed E-state index contributed by atoms with van der Waals surface area (Å²) in [7, 11) is 0. The Hall–Kier alpha value is 0.110. The van der Waals surface area contributed by atoms with Crippen molar-refractivity contribution in [3.63, 3.8) is 0 Å². The molecule has 15 heavy (non-hydrogen) atoms. The lowest BCUT2D eigenvalue weighted by molar-refractivity contribution is -0.107. The first-order chi connectivity index (χ1) is 7.01. The molecule has 0 aromatic rings. The van der Waals surface area contributed by atoms with E-state index in [0.29, 0.717) is 16.1 Å². The van der Waals surface area contributed by atoms with Crippen molar-refractivity contribution < 1.29 is 4.79 Å². The van der Waals surface area contributed by atoms with Crippen molar-refractivity contribution >= 4 is 29.5 Å². The lowest BCUT2D eigenvalue weighted by Crippen LogP contribution is -2.12. The van der Waals surface area contributed by atoms with Gasteiger partial charge in [0.15, 0.2) is 0 Å². The molecule has 0 saturated heterocycles. The number of carbonyl (C=O) groups excluding carboxylic acids is 1. The molecular formula is C12H22OS2. The van der Waals surface area contributed by atoms with Gasteiger partial charge in [-0.15, -0.1) is 0 Å². The van der Waals surface area contributed by atoms with Gasteiger partial charge in [-0.05, 0) is 31.8 Å². The molecule has 0 bridgehead atoms. The van der Waals surface area contributed by atoms with Crippen molar-refractivity contribution in [2.75, 3.05) is 0 Å². The van der Waals surface area contributed by atoms with Crippen molar-refractivity contribution in [1.29, 1.82) is 0 Å². The van der Waals surface area contributed by atoms with E-state index in [1.807, 2.05) is 0 Å². The Labute approximate surface area is 104 Å². The van der Waals surface area contributed by atoms with Crippen molar-refractivity contribution in [2.45, 2.75) is 57.0 Å². The van der Waals surface area contributed by atoms with Gasteiger partial charge in [-0.3, -0.25) is 4.79 Å². The Bertz CT molecular complexity index is 214. The van der Waals surface area contributed by atoms with Crippen LogP contribution in [0.1, 0.15) is 46.5 Å². The maximum absolute atomic E-state index is 11.5. The molecular weight excluding hydrogens is 224 g/mol. The SMILES string of the molecule is C=C(C)C(=O)SC(CC)CC(S)CCC. The van der Waals surface area contributed by atoms with Crippen LogP contribution in [0.5, 0.6) is 0 Å². The van der Waals surface area contributed by atoms with Gasteiger partial charge < -0.3 is 0 Å². The van der Waals surface area contributed by atoms with Gasteiger partial charge in [0.05, 0.1) is 0 Å². The molecule has 3 heteroatoms. The molecule has 0 N–H and O–H groups in total. The van der Waals surface area contributed by atoms with E-state index in [1.165, 1.54) is 11.8 Å². The standard InChI is InChI=1S/C12H22OS2/c1-5-7-10(14)8-11(6-2)15-12(13)9(3)4/h10-11,14H,3,5-8H2,1-2,4H3. The number of thioether (sulfide) groups is 1. The predicted molar refractivity (Wildman–Crippen MR) is 73.8 cm³/mol. The minimum Gasteiger partial charge on any atom is -0.282 e. The van der Waals surface area contributed by atoms with Gasteiger partial charge >= 0.3 is 0 Å². The molecule has 0 amide bonds. The molecule has 0 aliphatic carbocycles. The van der Waals surface area contributed by atoms with Gasteiger partial charge in [-0.25, -0.2) is 0 Å². The molecule has 0 saturated carbocycles. The summed E-state index contributed by atoms with van der Waals surface area (Å²) >= 11 is 5.95. The minimum absolute atomic E-state index is 0.124. The molecule has 0 rings (SSSR count). The Morgan fingerprint density at radius 2 is 2.07 bits per heavy atom. The van der Waals surface area contributed by atoms with Gasteiger partial charge in [0.1, 0.15) is 0 Å². The van der Waals surface area contributed by atoms with Crippen LogP contribution in [-0.2, 0) is 4.79 Å². The Morgan fingerprint density at radius 3 is 2.47 bits per heavy atom. The maximum atomic E-state index is 11.5. The largest absolute Gasteiger partial charge is 0.282 e. The summed E-state index contributed by atoms with van der Waals surface area (Å²) in [6.07, 6.45) is 4.31. The average molecular weight is 246 g/mol. The zero-order valence-electron chi connectivity index (χ0n) is 9.95. The highest BCUT2D eigenvalue weighted by molar-refractivity contribution is 8.14. The van der Waals surface area contributed by atoms with Gasteiger partial charge in [0, 0.05) is 10.5 Å². The first-order valence-electron chi connectivity index (χ1n) is 5.55. The summed E-state index contributed by atoms with van der Waals surface area (Å²) in [5, 5.41) is 0.938. The lowest BCUT2D eigenvalue weighted by atomic mass is 10.1. The summed E-state index contributed by atoms with van der Waals surface area (Å²) in [5.74, 6) is 0.